The van der Waals surface area contributed by atoms with Gasteiger partial charge in [-0.15, -0.1) is 0 Å². The number of pyridine rings is 6. The predicted molar refractivity (Wildman–Crippen MR) is 529 cm³/mol. The molecule has 16 heteroatoms. The Kier molecular flexibility index (Phi) is 32.5. The van der Waals surface area contributed by atoms with Gasteiger partial charge in [0.1, 0.15) is 6.33 Å². The Morgan fingerprint density at radius 3 is 0.992 bits per heavy atom. The quantitative estimate of drug-likeness (QED) is 0.0842. The van der Waals surface area contributed by atoms with E-state index in [1.54, 1.807) is 64.3 Å². The van der Waals surface area contributed by atoms with E-state index < -0.39 is 0 Å². The maximum absolute atomic E-state index is 13.4. The summed E-state index contributed by atoms with van der Waals surface area (Å²) in [6.07, 6.45) is 14.8. The van der Waals surface area contributed by atoms with Crippen molar-refractivity contribution in [2.45, 2.75) is 165 Å². The van der Waals surface area contributed by atoms with Gasteiger partial charge >= 0.3 is 0 Å². The fourth-order valence-corrected chi connectivity index (χ4v) is 14.8. The van der Waals surface area contributed by atoms with Gasteiger partial charge in [-0.05, 0) is 218 Å². The molecule has 18 rings (SSSR count). The molecule has 16 nitrogen and oxygen atoms in total. The molecule has 0 radical (unpaired) electrons. The van der Waals surface area contributed by atoms with E-state index in [0.29, 0.717) is 33.6 Å². The fraction of sp³-hybridized carbons (Fsp3) is 0.218. The Bertz CT molecular complexity index is 6950. The topological polar surface area (TPSA) is 184 Å². The minimum absolute atomic E-state index is 0.0481. The largest absolute Gasteiger partial charge is 0.290 e. The molecule has 0 saturated heterocycles. The first-order valence-electron chi connectivity index (χ1n) is 43.9. The molecule has 18 aromatic rings. The van der Waals surface area contributed by atoms with Crippen LogP contribution in [0.5, 0.6) is 0 Å². The van der Waals surface area contributed by atoms with Crippen molar-refractivity contribution in [3.05, 3.63) is 384 Å². The molecule has 0 N–H and O–H groups in total. The third-order valence-corrected chi connectivity index (χ3v) is 21.6. The summed E-state index contributed by atoms with van der Waals surface area (Å²) in [4.78, 5) is 97.8. The van der Waals surface area contributed by atoms with Crippen molar-refractivity contribution in [1.82, 2.24) is 47.3 Å². The highest BCUT2D eigenvalue weighted by atomic mass is 16.2. The van der Waals surface area contributed by atoms with Gasteiger partial charge in [-0.2, -0.15) is 0 Å². The lowest BCUT2D eigenvalue weighted by Crippen LogP contribution is -2.18. The van der Waals surface area contributed by atoms with E-state index >= 15 is 0 Å². The average molecular weight is 1670 g/mol. The van der Waals surface area contributed by atoms with Gasteiger partial charge in [0.15, 0.2) is 0 Å². The highest BCUT2D eigenvalue weighted by molar-refractivity contribution is 6.08. The molecule has 9 aromatic carbocycles. The molecule has 0 aliphatic rings. The summed E-state index contributed by atoms with van der Waals surface area (Å²) in [7, 11) is 0. The minimum atomic E-state index is -0.157. The van der Waals surface area contributed by atoms with Crippen LogP contribution >= 0.6 is 0 Å². The monoisotopic (exact) mass is 1670 g/mol. The molecule has 0 atom stereocenters. The van der Waals surface area contributed by atoms with Crippen LogP contribution in [0.25, 0.3) is 115 Å². The number of carbonyl (C=O) groups excluding carboxylic acids is 3. The zero-order valence-corrected chi connectivity index (χ0v) is 76.7. The van der Waals surface area contributed by atoms with Crippen molar-refractivity contribution < 1.29 is 14.4 Å². The van der Waals surface area contributed by atoms with Crippen LogP contribution in [0, 0.1) is 0 Å². The smallest absolute Gasteiger partial charge is 0.259 e. The van der Waals surface area contributed by atoms with E-state index in [1.807, 2.05) is 322 Å². The van der Waals surface area contributed by atoms with Crippen LogP contribution in [0.4, 0.5) is 0 Å². The Labute approximate surface area is 738 Å². The molecule has 126 heavy (non-hydrogen) atoms. The summed E-state index contributed by atoms with van der Waals surface area (Å²) in [6.45, 7) is 41.1. The summed E-state index contributed by atoms with van der Waals surface area (Å²) in [6, 6.07) is 79.1. The second-order valence-corrected chi connectivity index (χ2v) is 29.7. The summed E-state index contributed by atoms with van der Waals surface area (Å²) in [5.74, 6) is -0.245. The van der Waals surface area contributed by atoms with Gasteiger partial charge in [0.05, 0.1) is 61.0 Å². The third-order valence-electron chi connectivity index (χ3n) is 21.6. The first-order valence-corrected chi connectivity index (χ1v) is 43.9. The van der Waals surface area contributed by atoms with Crippen LogP contribution in [-0.2, 0) is 19.3 Å². The second kappa shape index (κ2) is 43.6. The SMILES string of the molecule is CC.CC.CC.CC.CC.CC.CC(C)=C(C)C(=O)n1cc2ccc(-n3c(=O)ccc4cnc5ccc(Cc6ccccc6)cc5c43)cc2c1.CC(C)=C(C)C(=O)n1ccc2ccc(-n3c(=O)ccc4cnc5ccc(Cc6ccccc6)cc5c43)cc21.CC(C)=C(C)C(=O)n1cnc2ccc(-n3c(=O)ccc4cnc5ccc(Cc6ccccc6)cc5c43)cc21. The standard InChI is InChI=1S/2C33H27N3O2.C32H26N4O2.6C2H6/c1-21(2)22(3)33(38)35-19-26-10-12-28(17-27(26)20-35)36-31(37)14-11-25-18-34-30-13-9-24(16-29(30)32(25)36)15-23-7-5-4-6-8-23;1-21(2)22(3)33(38)35-16-15-25-10-12-27(19-30(25)35)36-31(37)14-11-26-20-34-29-13-9-24(18-28(29)32(26)36)17-23-7-5-4-6-8-23;1-20(2)21(3)32(38)35-19-34-28-13-11-25(17-29(28)35)36-30(37)14-10-24-18-33-27-12-9-23(16-26(27)31(24)36)15-22-7-5-4-6-8-22;6*1-2/h4-14,16-20H,15H2,1-3H3;4-16,18-20H,17H2,1-3H3;4-14,16-19H,15H2,1-3H3;6*1-2H3. The molecule has 9 heterocycles. The molecule has 0 aliphatic carbocycles. The van der Waals surface area contributed by atoms with E-state index in [2.05, 4.69) is 92.7 Å². The van der Waals surface area contributed by atoms with Crippen LogP contribution in [0.1, 0.15) is 193 Å². The van der Waals surface area contributed by atoms with Crippen molar-refractivity contribution in [3.63, 3.8) is 0 Å². The fourth-order valence-electron chi connectivity index (χ4n) is 14.8. The number of hydrogen-bond acceptors (Lipinski definition) is 10. The molecule has 0 saturated carbocycles. The lowest BCUT2D eigenvalue weighted by Gasteiger charge is -2.14. The number of allylic oxidation sites excluding steroid dienone is 6. The number of carbonyl (C=O) groups is 3. The van der Waals surface area contributed by atoms with Crippen LogP contribution in [0.2, 0.25) is 0 Å². The number of imidazole rings is 1. The number of benzene rings is 9. The van der Waals surface area contributed by atoms with Crippen molar-refractivity contribution >= 4 is 116 Å². The van der Waals surface area contributed by atoms with Gasteiger partial charge < -0.3 is 0 Å². The summed E-state index contributed by atoms with van der Waals surface area (Å²) < 4.78 is 10.0. The zero-order chi connectivity index (χ0) is 91.2. The molecule has 0 bridgehead atoms. The van der Waals surface area contributed by atoms with E-state index in [9.17, 15) is 28.8 Å². The van der Waals surface area contributed by atoms with Gasteiger partial charge in [0, 0.05) is 126 Å². The number of fused-ring (bicyclic) bond motifs is 12. The van der Waals surface area contributed by atoms with Crippen LogP contribution < -0.4 is 16.7 Å². The van der Waals surface area contributed by atoms with Crippen molar-refractivity contribution in [1.29, 1.82) is 0 Å². The normalized spacial score (nSPS) is 10.5. The van der Waals surface area contributed by atoms with Crippen LogP contribution in [0.15, 0.2) is 334 Å². The molecular weight excluding hydrogens is 1560 g/mol. The Morgan fingerprint density at radius 2 is 0.603 bits per heavy atom. The van der Waals surface area contributed by atoms with Crippen LogP contribution in [-0.4, -0.2) is 65.1 Å². The lowest BCUT2D eigenvalue weighted by molar-refractivity contribution is 0.0948. The molecule has 0 unspecified atom stereocenters. The van der Waals surface area contributed by atoms with E-state index in [1.165, 1.54) is 16.7 Å². The molecule has 642 valence electrons. The third kappa shape index (κ3) is 20.4. The highest BCUT2D eigenvalue weighted by Crippen LogP contribution is 2.34. The molecule has 0 amide bonds. The van der Waals surface area contributed by atoms with Gasteiger partial charge in [-0.1, -0.05) is 221 Å². The number of aromatic nitrogens is 10. The molecule has 0 aliphatic heterocycles. The summed E-state index contributed by atoms with van der Waals surface area (Å²) in [5, 5.41) is 8.15. The van der Waals surface area contributed by atoms with E-state index in [4.69, 9.17) is 0 Å². The highest BCUT2D eigenvalue weighted by Gasteiger charge is 2.21. The maximum atomic E-state index is 13.4. The predicted octanol–water partition coefficient (Wildman–Crippen LogP) is 26.8. The number of hydrogen-bond donors (Lipinski definition) is 0. The maximum Gasteiger partial charge on any atom is 0.259 e. The number of rotatable bonds is 12. The van der Waals surface area contributed by atoms with Crippen molar-refractivity contribution in [3.8, 4) is 17.1 Å². The lowest BCUT2D eigenvalue weighted by atomic mass is 10.0. The van der Waals surface area contributed by atoms with Gasteiger partial charge in [0.25, 0.3) is 34.4 Å². The van der Waals surface area contributed by atoms with E-state index in [0.717, 1.165) is 151 Å². The Morgan fingerprint density at radius 1 is 0.278 bits per heavy atom. The first-order chi connectivity index (χ1) is 61.2. The van der Waals surface area contributed by atoms with Gasteiger partial charge in [0.2, 0.25) is 0 Å². The molecular formula is C110H116N10O6. The Balaban J connectivity index is 0.000000186. The van der Waals surface area contributed by atoms with Crippen LogP contribution in [0.3, 0.4) is 0 Å². The Hall–Kier alpha value is -14.4. The minimum Gasteiger partial charge on any atom is -0.290 e. The first kappa shape index (κ1) is 93.9. The second-order valence-electron chi connectivity index (χ2n) is 29.7. The molecule has 0 spiro atoms. The average Bonchev–Trinajstić information content (AvgIpc) is 1.07. The summed E-state index contributed by atoms with van der Waals surface area (Å²) >= 11 is 0. The van der Waals surface area contributed by atoms with E-state index in [-0.39, 0.29) is 34.4 Å². The van der Waals surface area contributed by atoms with Gasteiger partial charge in [-0.25, -0.2) is 4.98 Å². The summed E-state index contributed by atoms with van der Waals surface area (Å²) in [5.41, 5.74) is 20.8. The molecule has 9 aromatic heterocycles. The zero-order valence-electron chi connectivity index (χ0n) is 76.7. The van der Waals surface area contributed by atoms with Gasteiger partial charge in [-0.3, -0.25) is 71.1 Å². The van der Waals surface area contributed by atoms with Crippen molar-refractivity contribution in [2.75, 3.05) is 0 Å². The molecule has 0 fully saturated rings. The van der Waals surface area contributed by atoms with Crippen molar-refractivity contribution in [2.24, 2.45) is 0 Å². The number of nitrogens with zero attached hydrogens (tertiary/aromatic N) is 10.